The normalized spacial score (nSPS) is 12.6. The van der Waals surface area contributed by atoms with Crippen LogP contribution in [0.3, 0.4) is 0 Å². The van der Waals surface area contributed by atoms with Crippen molar-refractivity contribution in [2.75, 3.05) is 6.54 Å². The van der Waals surface area contributed by atoms with E-state index in [1.165, 1.54) is 5.56 Å². The Morgan fingerprint density at radius 1 is 1.33 bits per heavy atom. The van der Waals surface area contributed by atoms with Gasteiger partial charge in [-0.15, -0.1) is 0 Å². The van der Waals surface area contributed by atoms with Crippen LogP contribution < -0.4 is 5.32 Å². The number of nitrogens with one attached hydrogen (secondary N) is 1. The Bertz CT molecular complexity index is 583. The van der Waals surface area contributed by atoms with Gasteiger partial charge in [0.15, 0.2) is 0 Å². The average Bonchev–Trinajstić information content (AvgIpc) is 2.82. The van der Waals surface area contributed by atoms with Crippen LogP contribution in [-0.2, 0) is 6.54 Å². The molecule has 1 N–H and O–H groups in total. The third-order valence-electron chi connectivity index (χ3n) is 3.32. The topological polar surface area (TPSA) is 29.9 Å². The lowest BCUT2D eigenvalue weighted by molar-refractivity contribution is 0.511. The van der Waals surface area contributed by atoms with Gasteiger partial charge in [0.2, 0.25) is 0 Å². The lowest BCUT2D eigenvalue weighted by Crippen LogP contribution is -2.26. The zero-order valence-corrected chi connectivity index (χ0v) is 14.8. The van der Waals surface area contributed by atoms with Crippen molar-refractivity contribution in [1.82, 2.24) is 15.1 Å². The third-order valence-corrected chi connectivity index (χ3v) is 4.11. The predicted molar refractivity (Wildman–Crippen MR) is 91.8 cm³/mol. The summed E-state index contributed by atoms with van der Waals surface area (Å²) in [6.45, 7) is 6.12. The molecule has 0 radical (unpaired) electrons. The molecule has 0 aliphatic carbocycles. The molecule has 0 spiro atoms. The van der Waals surface area contributed by atoms with E-state index in [9.17, 15) is 0 Å². The van der Waals surface area contributed by atoms with Gasteiger partial charge in [0.25, 0.3) is 0 Å². The van der Waals surface area contributed by atoms with Gasteiger partial charge in [-0.05, 0) is 37.1 Å². The molecule has 0 saturated heterocycles. The summed E-state index contributed by atoms with van der Waals surface area (Å²) in [6, 6.07) is 8.40. The minimum absolute atomic E-state index is 0.0593. The summed E-state index contributed by atoms with van der Waals surface area (Å²) in [7, 11) is 0. The number of aryl methyl sites for hydroxylation is 1. The summed E-state index contributed by atoms with van der Waals surface area (Å²) < 4.78 is 3.08. The van der Waals surface area contributed by atoms with E-state index >= 15 is 0 Å². The van der Waals surface area contributed by atoms with Crippen LogP contribution >= 0.6 is 27.5 Å². The molecular formula is C16H21BrClN3. The fourth-order valence-corrected chi connectivity index (χ4v) is 3.06. The molecule has 1 aromatic carbocycles. The van der Waals surface area contributed by atoms with E-state index in [-0.39, 0.29) is 6.04 Å². The first-order valence-corrected chi connectivity index (χ1v) is 8.54. The number of nitrogens with zero attached hydrogens (tertiary/aromatic N) is 2. The second-order valence-electron chi connectivity index (χ2n) is 5.04. The molecule has 5 heteroatoms. The Morgan fingerprint density at radius 3 is 2.81 bits per heavy atom. The maximum atomic E-state index is 6.41. The number of halogens is 2. The van der Waals surface area contributed by atoms with Gasteiger partial charge in [-0.3, -0.25) is 4.68 Å². The number of hydrogen-bond acceptors (Lipinski definition) is 2. The molecular weight excluding hydrogens is 350 g/mol. The lowest BCUT2D eigenvalue weighted by Gasteiger charge is -2.21. The Morgan fingerprint density at radius 2 is 2.14 bits per heavy atom. The van der Waals surface area contributed by atoms with Crippen molar-refractivity contribution < 1.29 is 0 Å². The Balaban J connectivity index is 2.42. The predicted octanol–water partition coefficient (Wildman–Crippen LogP) is 4.80. The van der Waals surface area contributed by atoms with Gasteiger partial charge in [-0.25, -0.2) is 0 Å². The minimum atomic E-state index is 0.0593. The maximum absolute atomic E-state index is 6.41. The minimum Gasteiger partial charge on any atom is -0.305 e. The van der Waals surface area contributed by atoms with E-state index in [4.69, 9.17) is 11.6 Å². The first-order chi connectivity index (χ1) is 10.2. The molecule has 0 saturated carbocycles. The summed E-state index contributed by atoms with van der Waals surface area (Å²) in [4.78, 5) is 0. The molecule has 0 aliphatic heterocycles. The zero-order chi connectivity index (χ0) is 15.2. The fourth-order valence-electron chi connectivity index (χ4n) is 2.40. The summed E-state index contributed by atoms with van der Waals surface area (Å²) in [5.74, 6) is 0. The summed E-state index contributed by atoms with van der Waals surface area (Å²) >= 11 is 9.96. The van der Waals surface area contributed by atoms with Gasteiger partial charge in [0.05, 0.1) is 23.0 Å². The van der Waals surface area contributed by atoms with E-state index in [0.29, 0.717) is 0 Å². The molecule has 1 aromatic heterocycles. The standard InChI is InChI=1S/C16H21BrClN3/c1-3-8-19-15(12-6-5-7-13(17)10-12)16-14(18)11-20-21(16)9-4-2/h5-7,10-11,15,19H,3-4,8-9H2,1-2H3. The monoisotopic (exact) mass is 369 g/mol. The highest BCUT2D eigenvalue weighted by atomic mass is 79.9. The Kier molecular flexibility index (Phi) is 6.27. The van der Waals surface area contributed by atoms with E-state index in [1.54, 1.807) is 6.20 Å². The van der Waals surface area contributed by atoms with Crippen molar-refractivity contribution in [2.24, 2.45) is 0 Å². The van der Waals surface area contributed by atoms with E-state index < -0.39 is 0 Å². The number of rotatable bonds is 7. The van der Waals surface area contributed by atoms with Crippen molar-refractivity contribution in [2.45, 2.75) is 39.3 Å². The molecule has 3 nitrogen and oxygen atoms in total. The van der Waals surface area contributed by atoms with Crippen LogP contribution in [0.4, 0.5) is 0 Å². The van der Waals surface area contributed by atoms with Crippen LogP contribution in [0.15, 0.2) is 34.9 Å². The van der Waals surface area contributed by atoms with Gasteiger partial charge in [0.1, 0.15) is 0 Å². The lowest BCUT2D eigenvalue weighted by atomic mass is 10.0. The third kappa shape index (κ3) is 4.09. The van der Waals surface area contributed by atoms with Crippen LogP contribution in [0.2, 0.25) is 5.02 Å². The van der Waals surface area contributed by atoms with Crippen LogP contribution in [0.1, 0.15) is 44.0 Å². The number of hydrogen-bond donors (Lipinski definition) is 1. The van der Waals surface area contributed by atoms with E-state index in [2.05, 4.69) is 58.4 Å². The van der Waals surface area contributed by atoms with Crippen molar-refractivity contribution in [3.63, 3.8) is 0 Å². The molecule has 0 fully saturated rings. The molecule has 21 heavy (non-hydrogen) atoms. The zero-order valence-electron chi connectivity index (χ0n) is 12.4. The Hall–Kier alpha value is -0.840. The number of benzene rings is 1. The first kappa shape index (κ1) is 16.5. The van der Waals surface area contributed by atoms with Gasteiger partial charge in [-0.2, -0.15) is 5.10 Å². The molecule has 1 atom stereocenters. The van der Waals surface area contributed by atoms with Gasteiger partial charge in [0, 0.05) is 11.0 Å². The fraction of sp³-hybridized carbons (Fsp3) is 0.438. The van der Waals surface area contributed by atoms with Crippen LogP contribution in [-0.4, -0.2) is 16.3 Å². The quantitative estimate of drug-likeness (QED) is 0.759. The smallest absolute Gasteiger partial charge is 0.0837 e. The summed E-state index contributed by atoms with van der Waals surface area (Å²) in [6.07, 6.45) is 3.85. The summed E-state index contributed by atoms with van der Waals surface area (Å²) in [5, 5.41) is 8.72. The maximum Gasteiger partial charge on any atom is 0.0837 e. The molecule has 0 amide bonds. The molecule has 0 aliphatic rings. The van der Waals surface area contributed by atoms with Crippen molar-refractivity contribution in [3.05, 3.63) is 51.2 Å². The molecule has 1 unspecified atom stereocenters. The van der Waals surface area contributed by atoms with E-state index in [1.807, 2.05) is 10.7 Å². The van der Waals surface area contributed by atoms with Gasteiger partial charge in [-0.1, -0.05) is 53.5 Å². The van der Waals surface area contributed by atoms with Crippen molar-refractivity contribution in [1.29, 1.82) is 0 Å². The van der Waals surface area contributed by atoms with Crippen molar-refractivity contribution in [3.8, 4) is 0 Å². The van der Waals surface area contributed by atoms with Crippen LogP contribution in [0.25, 0.3) is 0 Å². The second kappa shape index (κ2) is 7.97. The van der Waals surface area contributed by atoms with Crippen LogP contribution in [0.5, 0.6) is 0 Å². The average molecular weight is 371 g/mol. The molecule has 2 rings (SSSR count). The SMILES string of the molecule is CCCNC(c1cccc(Br)c1)c1c(Cl)cnn1CCC. The Labute approximate surface area is 139 Å². The molecule has 2 aromatic rings. The molecule has 114 valence electrons. The van der Waals surface area contributed by atoms with Gasteiger partial charge < -0.3 is 5.32 Å². The second-order valence-corrected chi connectivity index (χ2v) is 6.37. The van der Waals surface area contributed by atoms with Crippen LogP contribution in [0, 0.1) is 0 Å². The summed E-state index contributed by atoms with van der Waals surface area (Å²) in [5.41, 5.74) is 2.24. The number of aromatic nitrogens is 2. The first-order valence-electron chi connectivity index (χ1n) is 7.37. The molecule has 1 heterocycles. The highest BCUT2D eigenvalue weighted by molar-refractivity contribution is 9.10. The highest BCUT2D eigenvalue weighted by Crippen LogP contribution is 2.30. The highest BCUT2D eigenvalue weighted by Gasteiger charge is 2.21. The van der Waals surface area contributed by atoms with Gasteiger partial charge >= 0.3 is 0 Å². The molecule has 0 bridgehead atoms. The van der Waals surface area contributed by atoms with E-state index in [0.717, 1.165) is 41.1 Å². The largest absolute Gasteiger partial charge is 0.305 e. The van der Waals surface area contributed by atoms with Crippen molar-refractivity contribution >= 4 is 27.5 Å².